The monoisotopic (exact) mass is 483 g/mol. The Morgan fingerprint density at radius 2 is 2.06 bits per heavy atom. The summed E-state index contributed by atoms with van der Waals surface area (Å²) in [6.45, 7) is -0.00185. The van der Waals surface area contributed by atoms with Crippen molar-refractivity contribution >= 4 is 40.7 Å². The summed E-state index contributed by atoms with van der Waals surface area (Å²) in [6, 6.07) is 14.3. The van der Waals surface area contributed by atoms with Crippen LogP contribution in [0.1, 0.15) is 22.4 Å². The molecule has 0 aliphatic carbocycles. The lowest BCUT2D eigenvalue weighted by Crippen LogP contribution is -2.07. The molecule has 0 unspecified atom stereocenters. The van der Waals surface area contributed by atoms with E-state index in [9.17, 15) is 15.6 Å². The number of halogens is 2. The summed E-state index contributed by atoms with van der Waals surface area (Å²) in [5, 5.41) is 33.8. The van der Waals surface area contributed by atoms with Crippen molar-refractivity contribution < 1.29 is 14.6 Å². The minimum Gasteiger partial charge on any atom is -0.493 e. The molecule has 0 bridgehead atoms. The minimum absolute atomic E-state index is 0.0505. The Morgan fingerprint density at radius 1 is 1.27 bits per heavy atom. The number of anilines is 1. The number of nitrogens with zero attached hydrogens (tertiary/aromatic N) is 4. The molecule has 0 saturated carbocycles. The zero-order chi connectivity index (χ0) is 24.0. The van der Waals surface area contributed by atoms with Crippen LogP contribution in [0, 0.1) is 22.7 Å². The predicted octanol–water partition coefficient (Wildman–Crippen LogP) is 4.29. The van der Waals surface area contributed by atoms with E-state index >= 15 is 0 Å². The number of rotatable bonds is 8. The molecule has 8 nitrogen and oxygen atoms in total. The first-order valence-electron chi connectivity index (χ1n) is 9.66. The number of aliphatic hydroxyl groups excluding tert-OH is 1. The van der Waals surface area contributed by atoms with E-state index in [1.165, 1.54) is 17.9 Å². The van der Waals surface area contributed by atoms with Gasteiger partial charge in [-0.2, -0.15) is 15.6 Å². The number of aromatic nitrogens is 2. The molecule has 0 amide bonds. The third-order valence-corrected chi connectivity index (χ3v) is 5.29. The van der Waals surface area contributed by atoms with E-state index in [2.05, 4.69) is 11.2 Å². The number of aliphatic hydroxyl groups is 1. The Balaban J connectivity index is 2.05. The minimum atomic E-state index is -0.219. The van der Waals surface area contributed by atoms with Gasteiger partial charge >= 0.3 is 0 Å². The lowest BCUT2D eigenvalue weighted by Gasteiger charge is -2.14. The number of nitrogen functional groups attached to an aromatic ring is 1. The highest BCUT2D eigenvalue weighted by Gasteiger charge is 2.20. The van der Waals surface area contributed by atoms with Gasteiger partial charge in [-0.05, 0) is 24.3 Å². The number of ether oxygens (including phenoxy) is 2. The summed E-state index contributed by atoms with van der Waals surface area (Å²) in [7, 11) is 1.50. The highest BCUT2D eigenvalue weighted by molar-refractivity contribution is 6.35. The zero-order valence-electron chi connectivity index (χ0n) is 17.5. The molecule has 0 aliphatic heterocycles. The highest BCUT2D eigenvalue weighted by Crippen LogP contribution is 2.35. The standard InChI is InChI=1S/C23H19Cl2N5O3/c1-32-20-4-2-3-14(22(20)33-13-15-5-6-17(24)10-19(15)25)9-16(11-26)21-18(12-27)23(28)30(29-21)7-8-31/h2-6,9-10,31H,7-8,13,28H2,1H3/b16-9-. The van der Waals surface area contributed by atoms with Crippen LogP contribution in [0.2, 0.25) is 10.0 Å². The van der Waals surface area contributed by atoms with Gasteiger partial charge in [0.2, 0.25) is 0 Å². The molecule has 0 saturated heterocycles. The molecule has 2 aromatic carbocycles. The van der Waals surface area contributed by atoms with Gasteiger partial charge in [-0.15, -0.1) is 0 Å². The SMILES string of the molecule is COc1cccc(/C=C(/C#N)c2nn(CCO)c(N)c2C#N)c1OCc1ccc(Cl)cc1Cl. The molecule has 3 rings (SSSR count). The molecule has 3 N–H and O–H groups in total. The van der Waals surface area contributed by atoms with Gasteiger partial charge in [0.05, 0.1) is 25.8 Å². The summed E-state index contributed by atoms with van der Waals surface area (Å²) in [5.41, 5.74) is 7.46. The van der Waals surface area contributed by atoms with Crippen molar-refractivity contribution in [1.82, 2.24) is 9.78 Å². The van der Waals surface area contributed by atoms with E-state index in [0.717, 1.165) is 0 Å². The first kappa shape index (κ1) is 24.0. The Morgan fingerprint density at radius 3 is 2.70 bits per heavy atom. The van der Waals surface area contributed by atoms with Gasteiger partial charge in [0.1, 0.15) is 35.8 Å². The van der Waals surface area contributed by atoms with Gasteiger partial charge in [0, 0.05) is 21.2 Å². The largest absolute Gasteiger partial charge is 0.493 e. The van der Waals surface area contributed by atoms with Crippen LogP contribution < -0.4 is 15.2 Å². The molecule has 0 atom stereocenters. The second kappa shape index (κ2) is 10.8. The van der Waals surface area contributed by atoms with Crippen molar-refractivity contribution in [2.24, 2.45) is 0 Å². The van der Waals surface area contributed by atoms with Crippen LogP contribution in [0.15, 0.2) is 36.4 Å². The Kier molecular flexibility index (Phi) is 7.81. The number of para-hydroxylation sites is 1. The number of allylic oxidation sites excluding steroid dienone is 1. The maximum absolute atomic E-state index is 9.81. The molecule has 33 heavy (non-hydrogen) atoms. The maximum atomic E-state index is 9.81. The summed E-state index contributed by atoms with van der Waals surface area (Å²) in [6.07, 6.45) is 1.53. The fourth-order valence-electron chi connectivity index (χ4n) is 3.10. The van der Waals surface area contributed by atoms with Crippen molar-refractivity contribution in [3.63, 3.8) is 0 Å². The molecule has 168 valence electrons. The van der Waals surface area contributed by atoms with Gasteiger partial charge in [-0.25, -0.2) is 4.68 Å². The van der Waals surface area contributed by atoms with Crippen molar-refractivity contribution in [3.05, 3.63) is 68.8 Å². The topological polar surface area (TPSA) is 130 Å². The van der Waals surface area contributed by atoms with Gasteiger partial charge in [-0.3, -0.25) is 0 Å². The van der Waals surface area contributed by atoms with Gasteiger partial charge in [0.25, 0.3) is 0 Å². The number of nitrogens with two attached hydrogens (primary N) is 1. The number of hydrogen-bond donors (Lipinski definition) is 2. The van der Waals surface area contributed by atoms with Gasteiger partial charge in [0.15, 0.2) is 11.5 Å². The number of methoxy groups -OCH3 is 1. The third kappa shape index (κ3) is 5.21. The molecule has 1 aromatic heterocycles. The van der Waals surface area contributed by atoms with E-state index in [1.807, 2.05) is 6.07 Å². The number of hydrogen-bond acceptors (Lipinski definition) is 7. The first-order valence-corrected chi connectivity index (χ1v) is 10.4. The molecule has 10 heteroatoms. The maximum Gasteiger partial charge on any atom is 0.168 e. The van der Waals surface area contributed by atoms with Crippen LogP contribution in [0.3, 0.4) is 0 Å². The highest BCUT2D eigenvalue weighted by atomic mass is 35.5. The van der Waals surface area contributed by atoms with E-state index in [1.54, 1.807) is 36.4 Å². The van der Waals surface area contributed by atoms with E-state index in [0.29, 0.717) is 32.7 Å². The molecule has 0 aliphatic rings. The second-order valence-electron chi connectivity index (χ2n) is 6.74. The average Bonchev–Trinajstić information content (AvgIpc) is 3.12. The van der Waals surface area contributed by atoms with Crippen LogP contribution in [0.4, 0.5) is 5.82 Å². The quantitative estimate of drug-likeness (QED) is 0.456. The molecule has 0 radical (unpaired) electrons. The summed E-state index contributed by atoms with van der Waals surface area (Å²) in [5.74, 6) is 0.888. The Labute approximate surface area is 200 Å². The molecule has 3 aromatic rings. The van der Waals surface area contributed by atoms with Crippen molar-refractivity contribution in [1.29, 1.82) is 10.5 Å². The van der Waals surface area contributed by atoms with Crippen LogP contribution in [0.5, 0.6) is 11.5 Å². The molecule has 0 fully saturated rings. The normalized spacial score (nSPS) is 11.0. The number of nitriles is 2. The fraction of sp³-hybridized carbons (Fsp3) is 0.174. The zero-order valence-corrected chi connectivity index (χ0v) is 19.1. The van der Waals surface area contributed by atoms with Crippen LogP contribution in [-0.4, -0.2) is 28.6 Å². The van der Waals surface area contributed by atoms with Crippen LogP contribution in [0.25, 0.3) is 11.6 Å². The first-order chi connectivity index (χ1) is 15.9. The Hall–Kier alpha value is -3.69. The molecule has 1 heterocycles. The van der Waals surface area contributed by atoms with E-state index in [4.69, 9.17) is 38.4 Å². The smallest absolute Gasteiger partial charge is 0.168 e. The van der Waals surface area contributed by atoms with Gasteiger partial charge < -0.3 is 20.3 Å². The van der Waals surface area contributed by atoms with E-state index < -0.39 is 0 Å². The predicted molar refractivity (Wildman–Crippen MR) is 126 cm³/mol. The summed E-state index contributed by atoms with van der Waals surface area (Å²) < 4.78 is 12.7. The average molecular weight is 484 g/mol. The van der Waals surface area contributed by atoms with Gasteiger partial charge in [-0.1, -0.05) is 41.4 Å². The van der Waals surface area contributed by atoms with Crippen molar-refractivity contribution in [3.8, 4) is 23.6 Å². The molecule has 0 spiro atoms. The van der Waals surface area contributed by atoms with E-state index in [-0.39, 0.29) is 42.4 Å². The summed E-state index contributed by atoms with van der Waals surface area (Å²) >= 11 is 12.2. The lowest BCUT2D eigenvalue weighted by atomic mass is 10.0. The van der Waals surface area contributed by atoms with Crippen molar-refractivity contribution in [2.45, 2.75) is 13.2 Å². The molecular weight excluding hydrogens is 465 g/mol. The lowest BCUT2D eigenvalue weighted by molar-refractivity contribution is 0.270. The third-order valence-electron chi connectivity index (χ3n) is 4.71. The van der Waals surface area contributed by atoms with Crippen molar-refractivity contribution in [2.75, 3.05) is 19.5 Å². The second-order valence-corrected chi connectivity index (χ2v) is 7.58. The molecular formula is C23H19Cl2N5O3. The fourth-order valence-corrected chi connectivity index (χ4v) is 3.56. The van der Waals surface area contributed by atoms with Crippen LogP contribution >= 0.6 is 23.2 Å². The van der Waals surface area contributed by atoms with Crippen LogP contribution in [-0.2, 0) is 13.2 Å². The number of benzene rings is 2. The summed E-state index contributed by atoms with van der Waals surface area (Å²) in [4.78, 5) is 0. The Bertz CT molecular complexity index is 1290.